The van der Waals surface area contributed by atoms with Crippen LogP contribution in [-0.4, -0.2) is 27.9 Å². The van der Waals surface area contributed by atoms with E-state index in [1.54, 1.807) is 0 Å². The maximum Gasteiger partial charge on any atom is 0.294 e. The van der Waals surface area contributed by atoms with Crippen LogP contribution in [0.25, 0.3) is 0 Å². The van der Waals surface area contributed by atoms with Gasteiger partial charge in [-0.05, 0) is 35.9 Å². The highest BCUT2D eigenvalue weighted by Gasteiger charge is 2.08. The standard InChI is InChI=1S/C9H6ClN4O3S/c10-8-11-5-12-9(14-8)13-6-1-3-7(4-2-6)18(15,16)17/h1-4H,(H,15,16,17)(H,11,12,13,14). The molecule has 2 rings (SSSR count). The van der Waals surface area contributed by atoms with E-state index in [4.69, 9.17) is 16.2 Å². The smallest absolute Gasteiger partial charge is 0.294 e. The zero-order chi connectivity index (χ0) is 13.2. The summed E-state index contributed by atoms with van der Waals surface area (Å²) in [6.07, 6.45) is 2.29. The van der Waals surface area contributed by atoms with Crippen molar-refractivity contribution in [1.29, 1.82) is 0 Å². The highest BCUT2D eigenvalue weighted by molar-refractivity contribution is 7.85. The molecule has 0 fully saturated rings. The number of halogens is 1. The number of aromatic nitrogens is 3. The van der Waals surface area contributed by atoms with Crippen LogP contribution in [0.3, 0.4) is 0 Å². The van der Waals surface area contributed by atoms with Gasteiger partial charge in [0.05, 0.1) is 4.90 Å². The van der Waals surface area contributed by atoms with Crippen molar-refractivity contribution in [2.24, 2.45) is 0 Å². The Balaban J connectivity index is 2.21. The zero-order valence-electron chi connectivity index (χ0n) is 8.70. The van der Waals surface area contributed by atoms with Gasteiger partial charge in [-0.1, -0.05) is 0 Å². The molecule has 7 nitrogen and oxygen atoms in total. The Morgan fingerprint density at radius 1 is 1.22 bits per heavy atom. The third-order valence-electron chi connectivity index (χ3n) is 1.90. The molecule has 0 aliphatic rings. The topological polar surface area (TPSA) is 105 Å². The summed E-state index contributed by atoms with van der Waals surface area (Å²) < 4.78 is 30.5. The van der Waals surface area contributed by atoms with Crippen LogP contribution in [0.1, 0.15) is 0 Å². The van der Waals surface area contributed by atoms with Crippen molar-refractivity contribution in [3.05, 3.63) is 35.9 Å². The van der Waals surface area contributed by atoms with Gasteiger partial charge in [-0.2, -0.15) is 23.4 Å². The molecule has 0 amide bonds. The molecule has 0 unspecified atom stereocenters. The fourth-order valence-electron chi connectivity index (χ4n) is 1.15. The summed E-state index contributed by atoms with van der Waals surface area (Å²) in [4.78, 5) is 10.8. The quantitative estimate of drug-likeness (QED) is 0.819. The Morgan fingerprint density at radius 3 is 2.44 bits per heavy atom. The Hall–Kier alpha value is -1.77. The van der Waals surface area contributed by atoms with Gasteiger partial charge in [0.15, 0.2) is 0 Å². The summed E-state index contributed by atoms with van der Waals surface area (Å²) in [5, 5.41) is 2.76. The van der Waals surface area contributed by atoms with Crippen molar-refractivity contribution in [3.63, 3.8) is 0 Å². The predicted molar refractivity (Wildman–Crippen MR) is 63.2 cm³/mol. The van der Waals surface area contributed by atoms with Crippen molar-refractivity contribution in [2.45, 2.75) is 4.90 Å². The van der Waals surface area contributed by atoms with Crippen molar-refractivity contribution in [2.75, 3.05) is 5.32 Å². The van der Waals surface area contributed by atoms with E-state index in [9.17, 15) is 8.42 Å². The minimum atomic E-state index is -4.20. The summed E-state index contributed by atoms with van der Waals surface area (Å²) in [6, 6.07) is 5.37. The number of rotatable bonds is 3. The van der Waals surface area contributed by atoms with Crippen LogP contribution in [0.4, 0.5) is 11.6 Å². The van der Waals surface area contributed by atoms with Crippen molar-refractivity contribution in [3.8, 4) is 0 Å². The van der Waals surface area contributed by atoms with Gasteiger partial charge < -0.3 is 5.32 Å². The second kappa shape index (κ2) is 4.84. The van der Waals surface area contributed by atoms with Crippen molar-refractivity contribution < 1.29 is 13.0 Å². The summed E-state index contributed by atoms with van der Waals surface area (Å²) in [6.45, 7) is 0. The van der Waals surface area contributed by atoms with E-state index in [1.165, 1.54) is 24.3 Å². The highest BCUT2D eigenvalue weighted by Crippen LogP contribution is 2.16. The SMILES string of the molecule is O=S(=O)(O)c1ccc(Nc2n[c]nc(Cl)n2)cc1. The first-order valence-corrected chi connectivity index (χ1v) is 6.39. The maximum atomic E-state index is 10.8. The van der Waals surface area contributed by atoms with Crippen LogP contribution >= 0.6 is 11.6 Å². The third-order valence-corrected chi connectivity index (χ3v) is 2.94. The monoisotopic (exact) mass is 285 g/mol. The van der Waals surface area contributed by atoms with Crippen molar-refractivity contribution in [1.82, 2.24) is 15.0 Å². The molecule has 1 aromatic heterocycles. The predicted octanol–water partition coefficient (Wildman–Crippen LogP) is 1.32. The largest absolute Gasteiger partial charge is 0.324 e. The van der Waals surface area contributed by atoms with Crippen LogP contribution in [0.15, 0.2) is 29.2 Å². The van der Waals surface area contributed by atoms with Gasteiger partial charge in [-0.15, -0.1) is 0 Å². The van der Waals surface area contributed by atoms with Gasteiger partial charge in [0.1, 0.15) is 0 Å². The molecule has 1 radical (unpaired) electrons. The molecule has 2 N–H and O–H groups in total. The van der Waals surface area contributed by atoms with E-state index in [2.05, 4.69) is 26.6 Å². The molecule has 0 spiro atoms. The summed E-state index contributed by atoms with van der Waals surface area (Å²) in [5.74, 6) is 0.176. The van der Waals surface area contributed by atoms with E-state index in [-0.39, 0.29) is 16.1 Å². The van der Waals surface area contributed by atoms with E-state index >= 15 is 0 Å². The maximum absolute atomic E-state index is 10.8. The van der Waals surface area contributed by atoms with E-state index < -0.39 is 10.1 Å². The van der Waals surface area contributed by atoms with Crippen LogP contribution in [0, 0.1) is 6.33 Å². The van der Waals surface area contributed by atoms with Crippen LogP contribution in [-0.2, 0) is 10.1 Å². The Morgan fingerprint density at radius 2 is 1.89 bits per heavy atom. The summed E-state index contributed by atoms with van der Waals surface area (Å²) >= 11 is 5.55. The minimum Gasteiger partial charge on any atom is -0.324 e. The van der Waals surface area contributed by atoms with Crippen LogP contribution in [0.5, 0.6) is 0 Å². The number of nitrogens with zero attached hydrogens (tertiary/aromatic N) is 3. The normalized spacial score (nSPS) is 11.2. The second-order valence-electron chi connectivity index (χ2n) is 3.15. The fourth-order valence-corrected chi connectivity index (χ4v) is 1.74. The number of hydrogen-bond acceptors (Lipinski definition) is 6. The van der Waals surface area contributed by atoms with Crippen molar-refractivity contribution >= 4 is 33.4 Å². The number of benzene rings is 1. The number of anilines is 2. The van der Waals surface area contributed by atoms with Gasteiger partial charge in [-0.25, -0.2) is 0 Å². The molecule has 0 aliphatic carbocycles. The van der Waals surface area contributed by atoms with Gasteiger partial charge in [0.25, 0.3) is 10.1 Å². The van der Waals surface area contributed by atoms with E-state index in [0.717, 1.165) is 0 Å². The van der Waals surface area contributed by atoms with Gasteiger partial charge in [0.2, 0.25) is 17.6 Å². The lowest BCUT2D eigenvalue weighted by Crippen LogP contribution is -2.00. The Labute approximate surface area is 108 Å². The molecule has 0 bridgehead atoms. The zero-order valence-corrected chi connectivity index (χ0v) is 10.3. The first-order chi connectivity index (χ1) is 8.45. The molecule has 2 aromatic rings. The highest BCUT2D eigenvalue weighted by atomic mass is 35.5. The molecule has 9 heteroatoms. The summed E-state index contributed by atoms with van der Waals surface area (Å²) in [7, 11) is -4.20. The van der Waals surface area contributed by atoms with Gasteiger partial charge in [-0.3, -0.25) is 4.55 Å². The van der Waals surface area contributed by atoms with E-state index in [1.807, 2.05) is 0 Å². The Kier molecular flexibility index (Phi) is 3.41. The number of nitrogens with one attached hydrogen (secondary N) is 1. The molecule has 93 valence electrons. The average Bonchev–Trinajstić information content (AvgIpc) is 2.28. The lowest BCUT2D eigenvalue weighted by molar-refractivity contribution is 0.483. The van der Waals surface area contributed by atoms with Crippen LogP contribution < -0.4 is 5.32 Å². The number of hydrogen-bond donors (Lipinski definition) is 2. The molecule has 0 saturated carbocycles. The lowest BCUT2D eigenvalue weighted by atomic mass is 10.3. The fraction of sp³-hybridized carbons (Fsp3) is 0. The first kappa shape index (κ1) is 12.7. The molecular formula is C9H6ClN4O3S. The molecule has 1 aromatic carbocycles. The van der Waals surface area contributed by atoms with Gasteiger partial charge in [0, 0.05) is 5.69 Å². The third kappa shape index (κ3) is 3.13. The molecule has 0 atom stereocenters. The second-order valence-corrected chi connectivity index (χ2v) is 4.91. The summed E-state index contributed by atoms with van der Waals surface area (Å²) in [5.41, 5.74) is 0.526. The first-order valence-electron chi connectivity index (χ1n) is 4.57. The average molecular weight is 286 g/mol. The molecule has 0 saturated heterocycles. The Bertz CT molecular complexity index is 660. The minimum absolute atomic E-state index is 0.0120. The molecule has 18 heavy (non-hydrogen) atoms. The lowest BCUT2D eigenvalue weighted by Gasteiger charge is -2.04. The van der Waals surface area contributed by atoms with Gasteiger partial charge >= 0.3 is 0 Å². The molecule has 1 heterocycles. The molecular weight excluding hydrogens is 280 g/mol. The van der Waals surface area contributed by atoms with E-state index in [0.29, 0.717) is 5.69 Å². The van der Waals surface area contributed by atoms with Crippen LogP contribution in [0.2, 0.25) is 5.28 Å². The molecule has 0 aliphatic heterocycles.